The third-order valence-corrected chi connectivity index (χ3v) is 7.05. The molecule has 0 bridgehead atoms. The molecule has 1 aliphatic carbocycles. The monoisotopic (exact) mass is 434 g/mol. The third kappa shape index (κ3) is 4.74. The summed E-state index contributed by atoms with van der Waals surface area (Å²) in [6, 6.07) is 9.06. The minimum absolute atomic E-state index is 0.0746. The number of nitrogens with one attached hydrogen (secondary N) is 2. The van der Waals surface area contributed by atoms with E-state index in [4.69, 9.17) is 4.74 Å². The van der Waals surface area contributed by atoms with E-state index in [2.05, 4.69) is 41.8 Å². The molecule has 0 saturated carbocycles. The lowest BCUT2D eigenvalue weighted by Gasteiger charge is -2.20. The summed E-state index contributed by atoms with van der Waals surface area (Å²) in [6.45, 7) is 7.65. The number of ether oxygens (including phenoxy) is 1. The number of carbonyl (C=O) groups is 1. The van der Waals surface area contributed by atoms with Gasteiger partial charge in [0, 0.05) is 18.3 Å². The van der Waals surface area contributed by atoms with Crippen molar-refractivity contribution in [2.75, 3.05) is 18.5 Å². The zero-order chi connectivity index (χ0) is 22.7. The number of carbonyl (C=O) groups excluding carboxylic acids is 1. The van der Waals surface area contributed by atoms with Crippen LogP contribution in [0.4, 0.5) is 5.82 Å². The first kappa shape index (κ1) is 22.6. The third-order valence-electron chi connectivity index (χ3n) is 7.05. The summed E-state index contributed by atoms with van der Waals surface area (Å²) in [5.41, 5.74) is 6.58. The Labute approximate surface area is 191 Å². The highest BCUT2D eigenvalue weighted by atomic mass is 16.5. The Morgan fingerprint density at radius 2 is 2.03 bits per heavy atom. The van der Waals surface area contributed by atoms with Crippen molar-refractivity contribution in [1.82, 2.24) is 9.88 Å². The first-order chi connectivity index (χ1) is 15.5. The topological polar surface area (TPSA) is 79.1 Å². The van der Waals surface area contributed by atoms with Gasteiger partial charge in [-0.2, -0.15) is 5.26 Å². The lowest BCUT2D eigenvalue weighted by Crippen LogP contribution is -2.31. The maximum absolute atomic E-state index is 12.8. The first-order valence-corrected chi connectivity index (χ1v) is 11.8. The first-order valence-electron chi connectivity index (χ1n) is 11.8. The number of amides is 1. The molecule has 1 saturated heterocycles. The van der Waals surface area contributed by atoms with Gasteiger partial charge in [-0.15, -0.1) is 0 Å². The van der Waals surface area contributed by atoms with Gasteiger partial charge in [-0.25, -0.2) is 0 Å². The van der Waals surface area contributed by atoms with Crippen LogP contribution < -0.4 is 10.6 Å². The van der Waals surface area contributed by atoms with Crippen LogP contribution in [0, 0.1) is 25.2 Å². The number of nitrogens with zero attached hydrogens (tertiary/aromatic N) is 2. The number of hydrogen-bond acceptors (Lipinski definition) is 4. The Bertz CT molecular complexity index is 1030. The van der Waals surface area contributed by atoms with Crippen molar-refractivity contribution in [3.63, 3.8) is 0 Å². The molecule has 1 aromatic heterocycles. The Morgan fingerprint density at radius 3 is 2.75 bits per heavy atom. The fraction of sp³-hybridized carbons (Fsp3) is 0.538. The molecule has 0 radical (unpaired) electrons. The van der Waals surface area contributed by atoms with Crippen molar-refractivity contribution < 1.29 is 9.53 Å². The zero-order valence-electron chi connectivity index (χ0n) is 19.5. The van der Waals surface area contributed by atoms with Gasteiger partial charge in [-0.05, 0) is 81.5 Å². The van der Waals surface area contributed by atoms with Crippen molar-refractivity contribution in [2.45, 2.75) is 78.0 Å². The van der Waals surface area contributed by atoms with E-state index in [1.165, 1.54) is 36.0 Å². The highest BCUT2D eigenvalue weighted by Gasteiger charge is 2.24. The smallest absolute Gasteiger partial charge is 0.239 e. The molecule has 6 heteroatoms. The van der Waals surface area contributed by atoms with E-state index in [-0.39, 0.29) is 24.6 Å². The van der Waals surface area contributed by atoms with E-state index < -0.39 is 0 Å². The average molecular weight is 435 g/mol. The lowest BCUT2D eigenvalue weighted by molar-refractivity contribution is -0.115. The Kier molecular flexibility index (Phi) is 6.98. The van der Waals surface area contributed by atoms with Crippen LogP contribution in [0.1, 0.15) is 72.2 Å². The van der Waals surface area contributed by atoms with Gasteiger partial charge in [-0.1, -0.05) is 18.2 Å². The SMILES string of the molecule is Cc1c(C#N)c(NC(=O)CNC(C)c2ccc3c(c2)CCCC3)n(CC2CCCO2)c1C. The predicted octanol–water partition coefficient (Wildman–Crippen LogP) is 4.32. The molecule has 4 rings (SSSR count). The average Bonchev–Trinajstić information content (AvgIpc) is 3.40. The van der Waals surface area contributed by atoms with Gasteiger partial charge in [-0.3, -0.25) is 4.79 Å². The van der Waals surface area contributed by atoms with Crippen molar-refractivity contribution in [3.8, 4) is 6.07 Å². The largest absolute Gasteiger partial charge is 0.376 e. The molecule has 6 nitrogen and oxygen atoms in total. The number of aryl methyl sites for hydroxylation is 2. The van der Waals surface area contributed by atoms with Gasteiger partial charge in [0.15, 0.2) is 0 Å². The highest BCUT2D eigenvalue weighted by Crippen LogP contribution is 2.29. The van der Waals surface area contributed by atoms with Crippen LogP contribution in [0.15, 0.2) is 18.2 Å². The summed E-state index contributed by atoms with van der Waals surface area (Å²) >= 11 is 0. The van der Waals surface area contributed by atoms with Crippen LogP contribution in [-0.2, 0) is 28.9 Å². The normalized spacial score (nSPS) is 18.8. The van der Waals surface area contributed by atoms with Crippen molar-refractivity contribution in [1.29, 1.82) is 5.26 Å². The second-order valence-electron chi connectivity index (χ2n) is 9.18. The molecule has 2 aromatic rings. The molecule has 2 unspecified atom stereocenters. The summed E-state index contributed by atoms with van der Waals surface area (Å²) in [5, 5.41) is 16.1. The lowest BCUT2D eigenvalue weighted by atomic mass is 9.89. The fourth-order valence-corrected chi connectivity index (χ4v) is 4.91. The van der Waals surface area contributed by atoms with Crippen molar-refractivity contribution in [3.05, 3.63) is 51.7 Å². The van der Waals surface area contributed by atoms with Gasteiger partial charge in [0.05, 0.1) is 24.8 Å². The van der Waals surface area contributed by atoms with Gasteiger partial charge >= 0.3 is 0 Å². The molecular weight excluding hydrogens is 400 g/mol. The molecule has 1 aliphatic heterocycles. The predicted molar refractivity (Wildman–Crippen MR) is 126 cm³/mol. The molecule has 2 aliphatic rings. The highest BCUT2D eigenvalue weighted by molar-refractivity contribution is 5.93. The van der Waals surface area contributed by atoms with Gasteiger partial charge < -0.3 is 19.9 Å². The zero-order valence-corrected chi connectivity index (χ0v) is 19.5. The number of aromatic nitrogens is 1. The molecule has 32 heavy (non-hydrogen) atoms. The standard InChI is InChI=1S/C26H34N4O2/c1-17-19(3)30(16-23-9-6-12-32-23)26(24(17)14-27)29-25(31)15-28-18(2)21-11-10-20-7-4-5-8-22(20)13-21/h10-11,13,18,23,28H,4-9,12,15-16H2,1-3H3,(H,29,31). The summed E-state index contributed by atoms with van der Waals surface area (Å²) < 4.78 is 7.83. The van der Waals surface area contributed by atoms with E-state index in [0.717, 1.165) is 37.1 Å². The molecule has 2 heterocycles. The second kappa shape index (κ2) is 9.89. The number of benzene rings is 1. The van der Waals surface area contributed by atoms with E-state index >= 15 is 0 Å². The van der Waals surface area contributed by atoms with E-state index in [1.807, 2.05) is 18.4 Å². The molecule has 0 spiro atoms. The van der Waals surface area contributed by atoms with E-state index in [0.29, 0.717) is 17.9 Å². The molecule has 1 amide bonds. The molecule has 2 N–H and O–H groups in total. The number of hydrogen-bond donors (Lipinski definition) is 2. The fourth-order valence-electron chi connectivity index (χ4n) is 4.91. The van der Waals surface area contributed by atoms with Crippen molar-refractivity contribution in [2.24, 2.45) is 0 Å². The van der Waals surface area contributed by atoms with Crippen LogP contribution in [0.5, 0.6) is 0 Å². The van der Waals surface area contributed by atoms with E-state index in [9.17, 15) is 10.1 Å². The van der Waals surface area contributed by atoms with Crippen LogP contribution >= 0.6 is 0 Å². The summed E-state index contributed by atoms with van der Waals surface area (Å²) in [7, 11) is 0. The molecule has 1 aromatic carbocycles. The maximum Gasteiger partial charge on any atom is 0.239 e. The maximum atomic E-state index is 12.8. The van der Waals surface area contributed by atoms with Crippen LogP contribution in [-0.4, -0.2) is 29.7 Å². The van der Waals surface area contributed by atoms with E-state index in [1.54, 1.807) is 0 Å². The van der Waals surface area contributed by atoms with Gasteiger partial charge in [0.1, 0.15) is 11.9 Å². The van der Waals surface area contributed by atoms with Crippen LogP contribution in [0.3, 0.4) is 0 Å². The minimum Gasteiger partial charge on any atom is -0.376 e. The summed E-state index contributed by atoms with van der Waals surface area (Å²) in [5.74, 6) is 0.448. The number of fused-ring (bicyclic) bond motifs is 1. The Balaban J connectivity index is 1.42. The minimum atomic E-state index is -0.141. The molecule has 1 fully saturated rings. The van der Waals surface area contributed by atoms with Crippen molar-refractivity contribution >= 4 is 11.7 Å². The number of anilines is 1. The van der Waals surface area contributed by atoms with Gasteiger partial charge in [0.2, 0.25) is 5.91 Å². The molecule has 170 valence electrons. The number of nitriles is 1. The summed E-state index contributed by atoms with van der Waals surface area (Å²) in [4.78, 5) is 12.8. The summed E-state index contributed by atoms with van der Waals surface area (Å²) in [6.07, 6.45) is 7.04. The van der Waals surface area contributed by atoms with Gasteiger partial charge in [0.25, 0.3) is 0 Å². The van der Waals surface area contributed by atoms with Crippen LogP contribution in [0.25, 0.3) is 0 Å². The molecule has 2 atom stereocenters. The quantitative estimate of drug-likeness (QED) is 0.680. The molecular formula is C26H34N4O2. The van der Waals surface area contributed by atoms with Crippen LogP contribution in [0.2, 0.25) is 0 Å². The second-order valence-corrected chi connectivity index (χ2v) is 9.18. The number of rotatable bonds is 7. The Morgan fingerprint density at radius 1 is 1.25 bits per heavy atom. The Hall–Kier alpha value is -2.62.